The first-order chi connectivity index (χ1) is 7.21. The zero-order valence-corrected chi connectivity index (χ0v) is 7.08. The van der Waals surface area contributed by atoms with E-state index in [1.165, 1.54) is 0 Å². The Bertz CT molecular complexity index is 291. The highest BCUT2D eigenvalue weighted by Gasteiger charge is 2.82. The van der Waals surface area contributed by atoms with E-state index in [-0.39, 0.29) is 0 Å². The number of hydroxylamine groups is 2. The third kappa shape index (κ3) is 2.55. The van der Waals surface area contributed by atoms with Gasteiger partial charge in [0, 0.05) is 0 Å². The molecule has 0 radical (unpaired) electrons. The summed E-state index contributed by atoms with van der Waals surface area (Å²) in [5.74, 6) is 0. The lowest BCUT2D eigenvalue weighted by Crippen LogP contribution is -2.56. The SMILES string of the molecule is FC(F)(F)N1O[C@]1(F)N(C(F)(F)F)C(F)(F)F. The number of nitrogens with zero attached hydrogens (tertiary/aromatic N) is 2. The van der Waals surface area contributed by atoms with Crippen LogP contribution in [0, 0.1) is 0 Å². The lowest BCUT2D eigenvalue weighted by Gasteiger charge is -2.26. The molecule has 1 saturated heterocycles. The second-order valence-electron chi connectivity index (χ2n) is 2.65. The Morgan fingerprint density at radius 3 is 1.35 bits per heavy atom. The first-order valence-electron chi connectivity index (χ1n) is 3.39. The van der Waals surface area contributed by atoms with Crippen molar-refractivity contribution in [2.75, 3.05) is 0 Å². The largest absolute Gasteiger partial charge is 0.489 e. The second kappa shape index (κ2) is 3.35. The standard InChI is InChI=1S/C4F10N2O/c5-1(6,7)15(2(8,9)10)4(14)16(17-4)3(11,12)13/t4-,16?/m1/s1. The fourth-order valence-electron chi connectivity index (χ4n) is 0.892. The predicted octanol–water partition coefficient (Wildman–Crippen LogP) is 2.68. The number of hydrogen-bond donors (Lipinski definition) is 0. The molecule has 0 saturated carbocycles. The molecule has 1 rings (SSSR count). The van der Waals surface area contributed by atoms with Crippen molar-refractivity contribution in [3.63, 3.8) is 0 Å². The van der Waals surface area contributed by atoms with E-state index < -0.39 is 35.0 Å². The van der Waals surface area contributed by atoms with Gasteiger partial charge in [0.1, 0.15) is 0 Å². The maximum atomic E-state index is 12.8. The molecule has 0 aromatic carbocycles. The molecular formula is C4F10N2O. The lowest BCUT2D eigenvalue weighted by molar-refractivity contribution is -0.421. The van der Waals surface area contributed by atoms with E-state index in [1.54, 1.807) is 0 Å². The predicted molar refractivity (Wildman–Crippen MR) is 26.8 cm³/mol. The molecule has 0 bridgehead atoms. The Balaban J connectivity index is 3.05. The van der Waals surface area contributed by atoms with E-state index in [0.717, 1.165) is 0 Å². The quantitative estimate of drug-likeness (QED) is 0.418. The van der Waals surface area contributed by atoms with Gasteiger partial charge in [-0.05, 0) is 9.96 Å². The van der Waals surface area contributed by atoms with Crippen LogP contribution in [0.2, 0.25) is 0 Å². The van der Waals surface area contributed by atoms with Crippen LogP contribution < -0.4 is 0 Å². The van der Waals surface area contributed by atoms with Crippen molar-refractivity contribution in [1.29, 1.82) is 0 Å². The fraction of sp³-hybridized carbons (Fsp3) is 1.00. The molecule has 1 heterocycles. The average molecular weight is 282 g/mol. The van der Waals surface area contributed by atoms with Crippen LogP contribution in [0.4, 0.5) is 43.9 Å². The van der Waals surface area contributed by atoms with Gasteiger partial charge in [0.15, 0.2) is 0 Å². The van der Waals surface area contributed by atoms with Crippen LogP contribution in [0.3, 0.4) is 0 Å². The Hall–Kier alpha value is -0.820. The Kier molecular flexibility index (Phi) is 2.81. The lowest BCUT2D eigenvalue weighted by atomic mass is 10.7. The highest BCUT2D eigenvalue weighted by atomic mass is 19.4. The van der Waals surface area contributed by atoms with Gasteiger partial charge in [-0.1, -0.05) is 0 Å². The van der Waals surface area contributed by atoms with E-state index >= 15 is 0 Å². The van der Waals surface area contributed by atoms with Crippen molar-refractivity contribution < 1.29 is 48.7 Å². The maximum absolute atomic E-state index is 12.8. The van der Waals surface area contributed by atoms with E-state index in [4.69, 9.17) is 0 Å². The second-order valence-corrected chi connectivity index (χ2v) is 2.65. The molecule has 0 amide bonds. The fourth-order valence-corrected chi connectivity index (χ4v) is 0.892. The van der Waals surface area contributed by atoms with Gasteiger partial charge in [-0.15, -0.1) is 0 Å². The summed E-state index contributed by atoms with van der Waals surface area (Å²) < 4.78 is 119. The average Bonchev–Trinajstić information content (AvgIpc) is 2.52. The van der Waals surface area contributed by atoms with Gasteiger partial charge >= 0.3 is 25.0 Å². The molecule has 1 aliphatic rings. The molecule has 13 heteroatoms. The zero-order valence-electron chi connectivity index (χ0n) is 7.08. The first-order valence-corrected chi connectivity index (χ1v) is 3.39. The van der Waals surface area contributed by atoms with Gasteiger partial charge in [0.2, 0.25) is 0 Å². The number of alkyl halides is 10. The van der Waals surface area contributed by atoms with E-state index in [2.05, 4.69) is 4.84 Å². The molecule has 0 aromatic heterocycles. The Morgan fingerprint density at radius 2 is 1.18 bits per heavy atom. The van der Waals surface area contributed by atoms with Gasteiger partial charge < -0.3 is 0 Å². The number of hydrogen-bond acceptors (Lipinski definition) is 3. The summed E-state index contributed by atoms with van der Waals surface area (Å²) in [6.07, 6.45) is -23.9. The van der Waals surface area contributed by atoms with Gasteiger partial charge in [0.05, 0.1) is 0 Å². The molecule has 1 aliphatic heterocycles. The maximum Gasteiger partial charge on any atom is 0.489 e. The van der Waals surface area contributed by atoms with Crippen molar-refractivity contribution in [3.8, 4) is 0 Å². The van der Waals surface area contributed by atoms with Crippen LogP contribution in [-0.2, 0) is 4.84 Å². The highest BCUT2D eigenvalue weighted by molar-refractivity contribution is 4.82. The molecule has 17 heavy (non-hydrogen) atoms. The van der Waals surface area contributed by atoms with Crippen LogP contribution in [0.25, 0.3) is 0 Å². The van der Waals surface area contributed by atoms with Crippen molar-refractivity contribution in [1.82, 2.24) is 9.96 Å². The van der Waals surface area contributed by atoms with Crippen molar-refractivity contribution >= 4 is 0 Å². The molecule has 0 N–H and O–H groups in total. The zero-order chi connectivity index (χ0) is 13.9. The third-order valence-electron chi connectivity index (χ3n) is 1.44. The summed E-state index contributed by atoms with van der Waals surface area (Å²) in [4.78, 5) is -0.232. The number of rotatable bonds is 1. The molecular weight excluding hydrogens is 282 g/mol. The molecule has 3 nitrogen and oxygen atoms in total. The van der Waals surface area contributed by atoms with Gasteiger partial charge in [-0.25, -0.2) is 4.84 Å². The topological polar surface area (TPSA) is 18.8 Å². The smallest absolute Gasteiger partial charge is 0.213 e. The van der Waals surface area contributed by atoms with E-state index in [0.29, 0.717) is 0 Å². The minimum Gasteiger partial charge on any atom is -0.213 e. The van der Waals surface area contributed by atoms with Crippen LogP contribution in [-0.4, -0.2) is 35.0 Å². The Labute approximate surface area is 85.1 Å². The van der Waals surface area contributed by atoms with Gasteiger partial charge in [-0.3, -0.25) is 0 Å². The molecule has 1 unspecified atom stereocenters. The van der Waals surface area contributed by atoms with E-state index in [1.807, 2.05) is 0 Å². The van der Waals surface area contributed by atoms with Crippen LogP contribution in [0.1, 0.15) is 0 Å². The monoisotopic (exact) mass is 282 g/mol. The molecule has 0 aromatic rings. The van der Waals surface area contributed by atoms with Crippen LogP contribution in [0.5, 0.6) is 0 Å². The van der Waals surface area contributed by atoms with Crippen molar-refractivity contribution in [2.24, 2.45) is 0 Å². The normalized spacial score (nSPS) is 30.9. The molecule has 2 atom stereocenters. The third-order valence-corrected chi connectivity index (χ3v) is 1.44. The molecule has 102 valence electrons. The van der Waals surface area contributed by atoms with Crippen molar-refractivity contribution in [3.05, 3.63) is 0 Å². The summed E-state index contributed by atoms with van der Waals surface area (Å²) in [5.41, 5.74) is 0. The Morgan fingerprint density at radius 1 is 0.824 bits per heavy atom. The summed E-state index contributed by atoms with van der Waals surface area (Å²) in [5, 5.41) is -2.01. The summed E-state index contributed by atoms with van der Waals surface area (Å²) >= 11 is 0. The molecule has 1 fully saturated rings. The minimum absolute atomic E-state index is 2.01. The van der Waals surface area contributed by atoms with Gasteiger partial charge in [0.25, 0.3) is 0 Å². The minimum atomic E-state index is -6.44. The molecule has 0 spiro atoms. The molecule has 0 aliphatic carbocycles. The summed E-state index contributed by atoms with van der Waals surface area (Å²) in [6, 6.07) is 0. The van der Waals surface area contributed by atoms with Crippen molar-refractivity contribution in [2.45, 2.75) is 25.0 Å². The van der Waals surface area contributed by atoms with Gasteiger partial charge in [-0.2, -0.15) is 43.9 Å². The van der Waals surface area contributed by atoms with Crippen LogP contribution >= 0.6 is 0 Å². The summed E-state index contributed by atoms with van der Waals surface area (Å²) in [7, 11) is 0. The van der Waals surface area contributed by atoms with E-state index in [9.17, 15) is 43.9 Å². The first kappa shape index (κ1) is 14.2. The summed E-state index contributed by atoms with van der Waals surface area (Å²) in [6.45, 7) is 0. The van der Waals surface area contributed by atoms with Crippen LogP contribution in [0.15, 0.2) is 0 Å². The highest BCUT2D eigenvalue weighted by Crippen LogP contribution is 2.54. The number of halogens is 10.